The minimum absolute atomic E-state index is 0.164. The van der Waals surface area contributed by atoms with Gasteiger partial charge in [-0.3, -0.25) is 9.69 Å². The lowest BCUT2D eigenvalue weighted by Crippen LogP contribution is -2.06. The lowest BCUT2D eigenvalue weighted by Gasteiger charge is -1.92. The molecule has 0 atom stereocenters. The molecule has 0 aliphatic heterocycles. The van der Waals surface area contributed by atoms with Crippen LogP contribution < -0.4 is 5.32 Å². The van der Waals surface area contributed by atoms with Gasteiger partial charge in [-0.25, -0.2) is 4.79 Å². The number of nitrogens with zero attached hydrogens (tertiary/aromatic N) is 1. The number of carbonyl (C=O) groups is 1. The highest BCUT2D eigenvalue weighted by Crippen LogP contribution is 2.20. The molecular formula is C5H3N3O2S2. The van der Waals surface area contributed by atoms with Gasteiger partial charge in [0.25, 0.3) is 0 Å². The van der Waals surface area contributed by atoms with Crippen LogP contribution in [0.1, 0.15) is 5.56 Å². The molecule has 3 N–H and O–H groups in total. The fraction of sp³-hybridized carbons (Fsp3) is 0. The molecule has 1 amide bonds. The molecule has 0 aromatic carbocycles. The lowest BCUT2D eigenvalue weighted by molar-refractivity contribution is 0.210. The zero-order valence-corrected chi connectivity index (χ0v) is 7.25. The molecule has 7 heteroatoms. The van der Waals surface area contributed by atoms with Gasteiger partial charge in [-0.2, -0.15) is 5.26 Å². The molecule has 1 heterocycles. The molecule has 0 fully saturated rings. The Morgan fingerprint density at radius 1 is 1.83 bits per heavy atom. The fourth-order valence-electron chi connectivity index (χ4n) is 0.589. The number of nitriles is 1. The molecule has 5 nitrogen and oxygen atoms in total. The van der Waals surface area contributed by atoms with E-state index < -0.39 is 6.09 Å². The van der Waals surface area contributed by atoms with Crippen LogP contribution in [0.2, 0.25) is 0 Å². The molecule has 0 saturated heterocycles. The van der Waals surface area contributed by atoms with Gasteiger partial charge in [-0.1, -0.05) is 12.2 Å². The quantitative estimate of drug-likeness (QED) is 0.604. The number of amides is 1. The van der Waals surface area contributed by atoms with Crippen molar-refractivity contribution in [3.8, 4) is 6.07 Å². The topological polar surface area (TPSA) is 88.9 Å². The van der Waals surface area contributed by atoms with Gasteiger partial charge in [0.05, 0.1) is 0 Å². The summed E-state index contributed by atoms with van der Waals surface area (Å²) in [7, 11) is 0. The Hall–Kier alpha value is -1.39. The average molecular weight is 201 g/mol. The van der Waals surface area contributed by atoms with Crippen molar-refractivity contribution in [1.82, 2.24) is 4.37 Å². The second-order valence-corrected chi connectivity index (χ2v) is 3.00. The zero-order valence-electron chi connectivity index (χ0n) is 5.62. The molecule has 0 aliphatic carbocycles. The van der Waals surface area contributed by atoms with E-state index in [2.05, 4.69) is 9.69 Å². The smallest absolute Gasteiger partial charge is 0.409 e. The summed E-state index contributed by atoms with van der Waals surface area (Å²) in [5.41, 5.74) is 0.164. The predicted molar refractivity (Wildman–Crippen MR) is 45.9 cm³/mol. The predicted octanol–water partition coefficient (Wildman–Crippen LogP) is 1.77. The third kappa shape index (κ3) is 1.61. The molecule has 1 rings (SSSR count). The first-order valence-corrected chi connectivity index (χ1v) is 3.99. The van der Waals surface area contributed by atoms with E-state index >= 15 is 0 Å². The molecule has 0 aliphatic rings. The Morgan fingerprint density at radius 3 is 3.00 bits per heavy atom. The van der Waals surface area contributed by atoms with Crippen molar-refractivity contribution >= 4 is 34.8 Å². The van der Waals surface area contributed by atoms with Crippen LogP contribution in [0.15, 0.2) is 0 Å². The first-order chi connectivity index (χ1) is 5.65. The van der Waals surface area contributed by atoms with Crippen LogP contribution in [0.5, 0.6) is 0 Å². The second-order valence-electron chi connectivity index (χ2n) is 1.78. The summed E-state index contributed by atoms with van der Waals surface area (Å²) in [6, 6.07) is 1.80. The van der Waals surface area contributed by atoms with Crippen LogP contribution in [-0.4, -0.2) is 15.6 Å². The van der Waals surface area contributed by atoms with Gasteiger partial charge in [0.15, 0.2) is 0 Å². The third-order valence-corrected chi connectivity index (χ3v) is 2.28. The molecule has 0 radical (unpaired) electrons. The van der Waals surface area contributed by atoms with Crippen molar-refractivity contribution < 1.29 is 9.90 Å². The van der Waals surface area contributed by atoms with Crippen molar-refractivity contribution in [2.75, 3.05) is 5.32 Å². The molecule has 12 heavy (non-hydrogen) atoms. The fourth-order valence-corrected chi connectivity index (χ4v) is 1.61. The number of carboxylic acid groups (broad SMARTS) is 1. The number of aromatic amines is 1. The Bertz CT molecular complexity index is 400. The van der Waals surface area contributed by atoms with E-state index in [9.17, 15) is 4.79 Å². The summed E-state index contributed by atoms with van der Waals surface area (Å²) in [4.78, 5) is 10.2. The van der Waals surface area contributed by atoms with E-state index in [0.29, 0.717) is 0 Å². The van der Waals surface area contributed by atoms with E-state index in [0.717, 1.165) is 11.5 Å². The summed E-state index contributed by atoms with van der Waals surface area (Å²) in [6.45, 7) is 0. The molecule has 0 unspecified atom stereocenters. The van der Waals surface area contributed by atoms with E-state index in [-0.39, 0.29) is 15.2 Å². The maximum absolute atomic E-state index is 10.2. The Kier molecular flexibility index (Phi) is 2.42. The molecule has 0 bridgehead atoms. The van der Waals surface area contributed by atoms with Crippen molar-refractivity contribution in [3.05, 3.63) is 10.2 Å². The van der Waals surface area contributed by atoms with Crippen LogP contribution in [0, 0.1) is 16.0 Å². The minimum Gasteiger partial charge on any atom is -0.465 e. The molecule has 1 aromatic rings. The number of hydrogen-bond donors (Lipinski definition) is 3. The number of nitrogens with one attached hydrogen (secondary N) is 2. The molecule has 62 valence electrons. The van der Waals surface area contributed by atoms with Gasteiger partial charge in [-0.05, 0) is 11.5 Å². The standard InChI is InChI=1S/C5H3N3O2S2/c6-1-2-3(11)8-12-4(2)7-5(9)10/h7H,(H,8,11)(H,9,10). The van der Waals surface area contributed by atoms with Crippen LogP contribution in [0.3, 0.4) is 0 Å². The van der Waals surface area contributed by atoms with Crippen LogP contribution in [-0.2, 0) is 0 Å². The summed E-state index contributed by atoms with van der Waals surface area (Å²) in [5.74, 6) is 0. The number of anilines is 1. The highest BCUT2D eigenvalue weighted by molar-refractivity contribution is 7.71. The van der Waals surface area contributed by atoms with Gasteiger partial charge in [0.2, 0.25) is 0 Å². The summed E-state index contributed by atoms with van der Waals surface area (Å²) in [5, 5.41) is 19.2. The summed E-state index contributed by atoms with van der Waals surface area (Å²) >= 11 is 5.71. The van der Waals surface area contributed by atoms with E-state index in [1.165, 1.54) is 0 Å². The van der Waals surface area contributed by atoms with Crippen LogP contribution in [0.25, 0.3) is 0 Å². The van der Waals surface area contributed by atoms with Gasteiger partial charge in [0, 0.05) is 0 Å². The largest absolute Gasteiger partial charge is 0.465 e. The lowest BCUT2D eigenvalue weighted by atomic mass is 10.4. The van der Waals surface area contributed by atoms with Crippen molar-refractivity contribution in [2.24, 2.45) is 0 Å². The van der Waals surface area contributed by atoms with Gasteiger partial charge < -0.3 is 5.11 Å². The number of rotatable bonds is 1. The highest BCUT2D eigenvalue weighted by Gasteiger charge is 2.08. The Morgan fingerprint density at radius 2 is 2.50 bits per heavy atom. The molecule has 0 spiro atoms. The zero-order chi connectivity index (χ0) is 9.14. The maximum Gasteiger partial charge on any atom is 0.409 e. The first-order valence-electron chi connectivity index (χ1n) is 2.76. The Balaban J connectivity index is 3.10. The first kappa shape index (κ1) is 8.70. The van der Waals surface area contributed by atoms with Gasteiger partial charge in [0.1, 0.15) is 21.3 Å². The maximum atomic E-state index is 10.2. The third-order valence-electron chi connectivity index (χ3n) is 1.03. The number of hydrogen-bond acceptors (Lipinski definition) is 4. The monoisotopic (exact) mass is 201 g/mol. The molecular weight excluding hydrogens is 198 g/mol. The SMILES string of the molecule is N#Cc1c(NC(=O)O)s[nH]c1=S. The minimum atomic E-state index is -1.21. The van der Waals surface area contributed by atoms with Crippen molar-refractivity contribution in [2.45, 2.75) is 0 Å². The second kappa shape index (κ2) is 3.34. The van der Waals surface area contributed by atoms with Gasteiger partial charge >= 0.3 is 6.09 Å². The highest BCUT2D eigenvalue weighted by atomic mass is 32.1. The number of aromatic nitrogens is 1. The van der Waals surface area contributed by atoms with E-state index in [4.69, 9.17) is 22.6 Å². The van der Waals surface area contributed by atoms with Crippen molar-refractivity contribution in [3.63, 3.8) is 0 Å². The average Bonchev–Trinajstić information content (AvgIpc) is 2.30. The van der Waals surface area contributed by atoms with Gasteiger partial charge in [-0.15, -0.1) is 0 Å². The molecule has 0 saturated carbocycles. The summed E-state index contributed by atoms with van der Waals surface area (Å²) in [6.07, 6.45) is -1.21. The molecule has 1 aromatic heterocycles. The van der Waals surface area contributed by atoms with Crippen LogP contribution in [0.4, 0.5) is 9.80 Å². The normalized spacial score (nSPS) is 8.92. The van der Waals surface area contributed by atoms with E-state index in [1.807, 2.05) is 0 Å². The van der Waals surface area contributed by atoms with Crippen LogP contribution >= 0.6 is 23.8 Å². The number of H-pyrrole nitrogens is 1. The summed E-state index contributed by atoms with van der Waals surface area (Å²) < 4.78 is 2.86. The Labute approximate surface area is 76.4 Å². The van der Waals surface area contributed by atoms with E-state index in [1.54, 1.807) is 6.07 Å². The van der Waals surface area contributed by atoms with Crippen molar-refractivity contribution in [1.29, 1.82) is 5.26 Å².